The van der Waals surface area contributed by atoms with Crippen molar-refractivity contribution < 1.29 is 14.7 Å². The Balaban J connectivity index is 2.25. The monoisotopic (exact) mass is 363 g/mol. The summed E-state index contributed by atoms with van der Waals surface area (Å²) in [6.07, 6.45) is 0.421. The lowest BCUT2D eigenvalue weighted by atomic mass is 9.98. The van der Waals surface area contributed by atoms with Crippen LogP contribution >= 0.6 is 39.3 Å². The van der Waals surface area contributed by atoms with Crippen LogP contribution in [0.25, 0.3) is 0 Å². The second kappa shape index (κ2) is 5.73. The average molecular weight is 365 g/mol. The number of hydrogen-bond donors (Lipinski definition) is 2. The first kappa shape index (κ1) is 14.7. The summed E-state index contributed by atoms with van der Waals surface area (Å²) in [7, 11) is 0. The molecule has 0 aliphatic carbocycles. The first-order valence-corrected chi connectivity index (χ1v) is 7.86. The number of benzene rings is 1. The van der Waals surface area contributed by atoms with Gasteiger partial charge < -0.3 is 10.4 Å². The summed E-state index contributed by atoms with van der Waals surface area (Å²) in [5.74, 6) is -0.369. The zero-order valence-corrected chi connectivity index (χ0v) is 12.9. The molecular formula is C12H11BrClNO3S. The van der Waals surface area contributed by atoms with E-state index in [0.29, 0.717) is 21.7 Å². The van der Waals surface area contributed by atoms with E-state index in [1.165, 1.54) is 11.8 Å². The lowest BCUT2D eigenvalue weighted by Crippen LogP contribution is -2.54. The van der Waals surface area contributed by atoms with Crippen LogP contribution < -0.4 is 5.32 Å². The topological polar surface area (TPSA) is 66.4 Å². The predicted octanol–water partition coefficient (Wildman–Crippen LogP) is 2.79. The van der Waals surface area contributed by atoms with Crippen molar-refractivity contribution in [2.24, 2.45) is 0 Å². The summed E-state index contributed by atoms with van der Waals surface area (Å²) >= 11 is 10.7. The zero-order valence-electron chi connectivity index (χ0n) is 9.78. The fourth-order valence-electron chi connectivity index (χ4n) is 1.84. The van der Waals surface area contributed by atoms with Crippen LogP contribution in [0.15, 0.2) is 22.7 Å². The second-order valence-electron chi connectivity index (χ2n) is 4.27. The molecule has 1 aliphatic rings. The smallest absolute Gasteiger partial charge is 0.330 e. The number of halogens is 2. The van der Waals surface area contributed by atoms with Gasteiger partial charge in [0.25, 0.3) is 5.91 Å². The van der Waals surface area contributed by atoms with Crippen molar-refractivity contribution in [2.75, 3.05) is 11.5 Å². The van der Waals surface area contributed by atoms with Crippen molar-refractivity contribution in [2.45, 2.75) is 12.0 Å². The molecule has 0 spiro atoms. The number of rotatable bonds is 3. The molecule has 0 radical (unpaired) electrons. The number of thioether (sulfide) groups is 1. The second-order valence-corrected chi connectivity index (χ2v) is 6.70. The molecule has 1 heterocycles. The van der Waals surface area contributed by atoms with Crippen molar-refractivity contribution in [3.05, 3.63) is 33.3 Å². The molecular weight excluding hydrogens is 354 g/mol. The summed E-state index contributed by atoms with van der Waals surface area (Å²) in [5.41, 5.74) is -0.915. The Hall–Kier alpha value is -0.720. The normalized spacial score (nSPS) is 22.2. The fraction of sp³-hybridized carbons (Fsp3) is 0.333. The molecule has 2 rings (SSSR count). The van der Waals surface area contributed by atoms with Gasteiger partial charge in [0.2, 0.25) is 0 Å². The SMILES string of the molecule is O=C(N[C@]1(C(=O)O)CCSC1)c1cc(Br)ccc1Cl. The zero-order chi connectivity index (χ0) is 14.0. The number of amides is 1. The first-order valence-electron chi connectivity index (χ1n) is 5.53. The van der Waals surface area contributed by atoms with Gasteiger partial charge in [0.05, 0.1) is 10.6 Å². The van der Waals surface area contributed by atoms with Crippen molar-refractivity contribution in [1.82, 2.24) is 5.32 Å². The van der Waals surface area contributed by atoms with E-state index in [2.05, 4.69) is 21.2 Å². The van der Waals surface area contributed by atoms with E-state index < -0.39 is 17.4 Å². The van der Waals surface area contributed by atoms with E-state index in [9.17, 15) is 14.7 Å². The molecule has 1 atom stereocenters. The number of hydrogen-bond acceptors (Lipinski definition) is 3. The van der Waals surface area contributed by atoms with Gasteiger partial charge in [0.1, 0.15) is 5.54 Å². The van der Waals surface area contributed by atoms with E-state index >= 15 is 0 Å². The minimum atomic E-state index is -1.19. The summed E-state index contributed by atoms with van der Waals surface area (Å²) in [5, 5.41) is 12.2. The highest BCUT2D eigenvalue weighted by Crippen LogP contribution is 2.29. The highest BCUT2D eigenvalue weighted by molar-refractivity contribution is 9.10. The van der Waals surface area contributed by atoms with E-state index in [1.807, 2.05) is 0 Å². The van der Waals surface area contributed by atoms with Gasteiger partial charge in [-0.25, -0.2) is 4.79 Å². The van der Waals surface area contributed by atoms with E-state index in [0.717, 1.165) is 5.75 Å². The van der Waals surface area contributed by atoms with Crippen LogP contribution in [0.3, 0.4) is 0 Å². The third-order valence-corrected chi connectivity index (χ3v) is 4.97. The third-order valence-electron chi connectivity index (χ3n) is 2.96. The van der Waals surface area contributed by atoms with Crippen LogP contribution in [0.5, 0.6) is 0 Å². The van der Waals surface area contributed by atoms with Crippen molar-refractivity contribution in [1.29, 1.82) is 0 Å². The molecule has 4 nitrogen and oxygen atoms in total. The Kier molecular flexibility index (Phi) is 4.43. The maximum atomic E-state index is 12.2. The van der Waals surface area contributed by atoms with Crippen LogP contribution in [-0.4, -0.2) is 34.0 Å². The molecule has 1 aromatic carbocycles. The number of carboxylic acid groups (broad SMARTS) is 1. The van der Waals surface area contributed by atoms with Crippen LogP contribution in [0, 0.1) is 0 Å². The first-order chi connectivity index (χ1) is 8.94. The van der Waals surface area contributed by atoms with E-state index in [4.69, 9.17) is 11.6 Å². The van der Waals surface area contributed by atoms with Crippen LogP contribution in [-0.2, 0) is 4.79 Å². The van der Waals surface area contributed by atoms with E-state index in [1.54, 1.807) is 18.2 Å². The molecule has 1 fully saturated rings. The molecule has 1 saturated heterocycles. The van der Waals surface area contributed by atoms with Crippen LogP contribution in [0.2, 0.25) is 5.02 Å². The van der Waals surface area contributed by atoms with E-state index in [-0.39, 0.29) is 5.56 Å². The summed E-state index contributed by atoms with van der Waals surface area (Å²) in [6.45, 7) is 0. The minimum Gasteiger partial charge on any atom is -0.479 e. The Bertz CT molecular complexity index is 532. The number of aliphatic carboxylic acids is 1. The average Bonchev–Trinajstić information content (AvgIpc) is 2.82. The minimum absolute atomic E-state index is 0.272. The largest absolute Gasteiger partial charge is 0.479 e. The lowest BCUT2D eigenvalue weighted by molar-refractivity contribution is -0.143. The molecule has 0 saturated carbocycles. The van der Waals surface area contributed by atoms with Gasteiger partial charge in [-0.15, -0.1) is 0 Å². The summed E-state index contributed by atoms with van der Waals surface area (Å²) in [6, 6.07) is 4.89. The Morgan fingerprint density at radius 3 is 2.79 bits per heavy atom. The van der Waals surface area contributed by atoms with Gasteiger partial charge in [0, 0.05) is 10.2 Å². The van der Waals surface area contributed by atoms with Gasteiger partial charge in [-0.2, -0.15) is 11.8 Å². The van der Waals surface area contributed by atoms with Gasteiger partial charge in [-0.3, -0.25) is 4.79 Å². The van der Waals surface area contributed by atoms with Gasteiger partial charge >= 0.3 is 5.97 Å². The van der Waals surface area contributed by atoms with Crippen LogP contribution in [0.4, 0.5) is 0 Å². The highest BCUT2D eigenvalue weighted by Gasteiger charge is 2.43. The molecule has 1 aromatic rings. The lowest BCUT2D eigenvalue weighted by Gasteiger charge is -2.24. The molecule has 102 valence electrons. The number of carboxylic acids is 1. The predicted molar refractivity (Wildman–Crippen MR) is 78.9 cm³/mol. The molecule has 1 amide bonds. The molecule has 0 aromatic heterocycles. The standard InChI is InChI=1S/C12H11BrClNO3S/c13-7-1-2-9(14)8(5-7)10(16)15-12(11(17)18)3-4-19-6-12/h1-2,5H,3-4,6H2,(H,15,16)(H,17,18)/t12-/m1/s1. The molecule has 2 N–H and O–H groups in total. The molecule has 0 bridgehead atoms. The van der Waals surface area contributed by atoms with Gasteiger partial charge in [-0.1, -0.05) is 27.5 Å². The highest BCUT2D eigenvalue weighted by atomic mass is 79.9. The molecule has 19 heavy (non-hydrogen) atoms. The number of carbonyl (C=O) groups is 2. The molecule has 1 aliphatic heterocycles. The fourth-order valence-corrected chi connectivity index (χ4v) is 3.73. The Labute approximate surface area is 128 Å². The number of nitrogens with one attached hydrogen (secondary N) is 1. The Morgan fingerprint density at radius 2 is 2.21 bits per heavy atom. The summed E-state index contributed by atoms with van der Waals surface area (Å²) < 4.78 is 0.715. The third kappa shape index (κ3) is 3.07. The summed E-state index contributed by atoms with van der Waals surface area (Å²) in [4.78, 5) is 23.6. The van der Waals surface area contributed by atoms with Crippen LogP contribution in [0.1, 0.15) is 16.8 Å². The molecule has 0 unspecified atom stereocenters. The van der Waals surface area contributed by atoms with Crippen molar-refractivity contribution >= 4 is 51.2 Å². The van der Waals surface area contributed by atoms with Gasteiger partial charge in [0.15, 0.2) is 0 Å². The van der Waals surface area contributed by atoms with Crippen molar-refractivity contribution in [3.8, 4) is 0 Å². The van der Waals surface area contributed by atoms with Crippen molar-refractivity contribution in [3.63, 3.8) is 0 Å². The number of carbonyl (C=O) groups excluding carboxylic acids is 1. The molecule has 7 heteroatoms. The maximum absolute atomic E-state index is 12.2. The maximum Gasteiger partial charge on any atom is 0.330 e. The van der Waals surface area contributed by atoms with Gasteiger partial charge in [-0.05, 0) is 30.4 Å². The Morgan fingerprint density at radius 1 is 1.47 bits per heavy atom. The quantitative estimate of drug-likeness (QED) is 0.865.